The molecule has 1 heterocycles. The van der Waals surface area contributed by atoms with E-state index in [4.69, 9.17) is 9.47 Å². The first-order valence-electron chi connectivity index (χ1n) is 5.59. The van der Waals surface area contributed by atoms with Crippen molar-refractivity contribution in [1.29, 1.82) is 0 Å². The van der Waals surface area contributed by atoms with E-state index in [2.05, 4.69) is 10.3 Å². The predicted molar refractivity (Wildman–Crippen MR) is 67.4 cm³/mol. The molecule has 0 aliphatic carbocycles. The molecule has 0 radical (unpaired) electrons. The van der Waals surface area contributed by atoms with Crippen LogP contribution in [0, 0.1) is 0 Å². The van der Waals surface area contributed by atoms with Crippen molar-refractivity contribution in [1.82, 2.24) is 4.98 Å². The average Bonchev–Trinajstić information content (AvgIpc) is 2.72. The zero-order valence-corrected chi connectivity index (χ0v) is 11.0. The molecule has 6 heteroatoms. The first kappa shape index (κ1) is 13.9. The maximum absolute atomic E-state index is 11.2. The van der Waals surface area contributed by atoms with E-state index in [1.54, 1.807) is 14.0 Å². The number of aromatic nitrogens is 1. The maximum atomic E-state index is 11.2. The van der Waals surface area contributed by atoms with Gasteiger partial charge >= 0.3 is 5.97 Å². The van der Waals surface area contributed by atoms with Crippen LogP contribution in [0.5, 0.6) is 0 Å². The molecular weight excluding hydrogens is 240 g/mol. The standard InChI is InChI=1S/C11H18N2O3S/c1-3-16-10(14)7-9-8-17-11(13-9)12-5-4-6-15-2/h8H,3-7H2,1-2H3,(H,12,13). The van der Waals surface area contributed by atoms with E-state index < -0.39 is 0 Å². The normalized spacial score (nSPS) is 10.2. The lowest BCUT2D eigenvalue weighted by atomic mass is 10.3. The van der Waals surface area contributed by atoms with Crippen LogP contribution < -0.4 is 5.32 Å². The van der Waals surface area contributed by atoms with E-state index in [9.17, 15) is 4.79 Å². The Morgan fingerprint density at radius 3 is 3.12 bits per heavy atom. The topological polar surface area (TPSA) is 60.5 Å². The smallest absolute Gasteiger partial charge is 0.311 e. The zero-order valence-electron chi connectivity index (χ0n) is 10.2. The van der Waals surface area contributed by atoms with Crippen molar-refractivity contribution >= 4 is 22.4 Å². The lowest BCUT2D eigenvalue weighted by Gasteiger charge is -2.01. The van der Waals surface area contributed by atoms with E-state index in [0.717, 1.165) is 30.4 Å². The Hall–Kier alpha value is -1.14. The number of hydrogen-bond donors (Lipinski definition) is 1. The number of rotatable bonds is 8. The predicted octanol–water partition coefficient (Wildman–Crippen LogP) is 1.70. The molecular formula is C11H18N2O3S. The largest absolute Gasteiger partial charge is 0.466 e. The van der Waals surface area contributed by atoms with E-state index in [-0.39, 0.29) is 12.4 Å². The van der Waals surface area contributed by atoms with Gasteiger partial charge in [0.15, 0.2) is 5.13 Å². The second kappa shape index (κ2) is 8.03. The van der Waals surface area contributed by atoms with Gasteiger partial charge in [0.1, 0.15) is 0 Å². The number of nitrogens with one attached hydrogen (secondary N) is 1. The van der Waals surface area contributed by atoms with Gasteiger partial charge < -0.3 is 14.8 Å². The first-order chi connectivity index (χ1) is 8.26. The highest BCUT2D eigenvalue weighted by Crippen LogP contribution is 2.15. The summed E-state index contributed by atoms with van der Waals surface area (Å²) < 4.78 is 9.80. The van der Waals surface area contributed by atoms with Crippen molar-refractivity contribution in [2.24, 2.45) is 0 Å². The van der Waals surface area contributed by atoms with Crippen LogP contribution in [0.15, 0.2) is 5.38 Å². The summed E-state index contributed by atoms with van der Waals surface area (Å²) >= 11 is 1.50. The highest BCUT2D eigenvalue weighted by Gasteiger charge is 2.07. The van der Waals surface area contributed by atoms with Crippen LogP contribution in [0.25, 0.3) is 0 Å². The Bertz CT molecular complexity index is 341. The van der Waals surface area contributed by atoms with Crippen LogP contribution in [0.2, 0.25) is 0 Å². The Labute approximate surface area is 105 Å². The second-order valence-electron chi connectivity index (χ2n) is 3.40. The number of nitrogens with zero attached hydrogens (tertiary/aromatic N) is 1. The molecule has 17 heavy (non-hydrogen) atoms. The van der Waals surface area contributed by atoms with Gasteiger partial charge in [-0.3, -0.25) is 4.79 Å². The van der Waals surface area contributed by atoms with Crippen LogP contribution in [0.1, 0.15) is 19.0 Å². The van der Waals surface area contributed by atoms with Gasteiger partial charge in [0.25, 0.3) is 0 Å². The minimum absolute atomic E-state index is 0.233. The molecule has 0 spiro atoms. The van der Waals surface area contributed by atoms with Crippen molar-refractivity contribution in [2.45, 2.75) is 19.8 Å². The Kier molecular flexibility index (Phi) is 6.57. The molecule has 0 bridgehead atoms. The molecule has 0 aliphatic rings. The second-order valence-corrected chi connectivity index (χ2v) is 4.26. The Morgan fingerprint density at radius 1 is 1.59 bits per heavy atom. The summed E-state index contributed by atoms with van der Waals surface area (Å²) in [6, 6.07) is 0. The number of hydrogen-bond acceptors (Lipinski definition) is 6. The summed E-state index contributed by atoms with van der Waals surface area (Å²) in [7, 11) is 1.68. The molecule has 0 unspecified atom stereocenters. The number of thiazole rings is 1. The summed E-state index contributed by atoms with van der Waals surface area (Å²) in [5.74, 6) is -0.233. The maximum Gasteiger partial charge on any atom is 0.311 e. The molecule has 0 aromatic carbocycles. The Morgan fingerprint density at radius 2 is 2.41 bits per heavy atom. The lowest BCUT2D eigenvalue weighted by Crippen LogP contribution is -2.08. The highest BCUT2D eigenvalue weighted by atomic mass is 32.1. The molecule has 96 valence electrons. The van der Waals surface area contributed by atoms with Gasteiger partial charge in [0.2, 0.25) is 0 Å². The molecule has 1 N–H and O–H groups in total. The summed E-state index contributed by atoms with van der Waals surface area (Å²) in [4.78, 5) is 15.5. The number of ether oxygens (including phenoxy) is 2. The fraction of sp³-hybridized carbons (Fsp3) is 0.636. The van der Waals surface area contributed by atoms with Crippen LogP contribution in [-0.4, -0.2) is 37.8 Å². The summed E-state index contributed by atoms with van der Waals surface area (Å²) in [5.41, 5.74) is 0.752. The van der Waals surface area contributed by atoms with Gasteiger partial charge in [0.05, 0.1) is 18.7 Å². The average molecular weight is 258 g/mol. The molecule has 1 aromatic heterocycles. The number of carbonyl (C=O) groups excluding carboxylic acids is 1. The quantitative estimate of drug-likeness (QED) is 0.568. The van der Waals surface area contributed by atoms with Crippen molar-refractivity contribution in [3.63, 3.8) is 0 Å². The third-order valence-corrected chi connectivity index (χ3v) is 2.83. The molecule has 0 saturated carbocycles. The van der Waals surface area contributed by atoms with Crippen molar-refractivity contribution < 1.29 is 14.3 Å². The number of esters is 1. The summed E-state index contributed by atoms with van der Waals surface area (Å²) in [6.07, 6.45) is 1.17. The van der Waals surface area contributed by atoms with Gasteiger partial charge in [-0.1, -0.05) is 0 Å². The minimum Gasteiger partial charge on any atom is -0.466 e. The Balaban J connectivity index is 2.29. The third-order valence-electron chi connectivity index (χ3n) is 1.98. The van der Waals surface area contributed by atoms with E-state index >= 15 is 0 Å². The van der Waals surface area contributed by atoms with Gasteiger partial charge in [-0.05, 0) is 13.3 Å². The molecule has 0 amide bonds. The van der Waals surface area contributed by atoms with Crippen LogP contribution in [0.4, 0.5) is 5.13 Å². The van der Waals surface area contributed by atoms with Crippen molar-refractivity contribution in [2.75, 3.05) is 32.2 Å². The summed E-state index contributed by atoms with van der Waals surface area (Å²) in [6.45, 7) is 3.75. The van der Waals surface area contributed by atoms with Crippen LogP contribution >= 0.6 is 11.3 Å². The van der Waals surface area contributed by atoms with Crippen LogP contribution in [0.3, 0.4) is 0 Å². The SMILES string of the molecule is CCOC(=O)Cc1csc(NCCCOC)n1. The first-order valence-corrected chi connectivity index (χ1v) is 6.47. The minimum atomic E-state index is -0.233. The fourth-order valence-corrected chi connectivity index (χ4v) is 1.98. The molecule has 1 aromatic rings. The number of anilines is 1. The van der Waals surface area contributed by atoms with Crippen LogP contribution in [-0.2, 0) is 20.7 Å². The fourth-order valence-electron chi connectivity index (χ4n) is 1.24. The van der Waals surface area contributed by atoms with Gasteiger partial charge in [-0.15, -0.1) is 11.3 Å². The lowest BCUT2D eigenvalue weighted by molar-refractivity contribution is -0.142. The van der Waals surface area contributed by atoms with E-state index in [1.165, 1.54) is 11.3 Å². The van der Waals surface area contributed by atoms with Crippen molar-refractivity contribution in [3.8, 4) is 0 Å². The van der Waals surface area contributed by atoms with Gasteiger partial charge in [0, 0.05) is 25.6 Å². The third kappa shape index (κ3) is 5.65. The molecule has 0 aliphatic heterocycles. The molecule has 5 nitrogen and oxygen atoms in total. The molecule has 0 fully saturated rings. The van der Waals surface area contributed by atoms with Gasteiger partial charge in [-0.25, -0.2) is 4.98 Å². The zero-order chi connectivity index (χ0) is 12.5. The monoisotopic (exact) mass is 258 g/mol. The highest BCUT2D eigenvalue weighted by molar-refractivity contribution is 7.13. The van der Waals surface area contributed by atoms with Gasteiger partial charge in [-0.2, -0.15) is 0 Å². The molecule has 1 rings (SSSR count). The molecule has 0 saturated heterocycles. The molecule has 0 atom stereocenters. The van der Waals surface area contributed by atoms with E-state index in [0.29, 0.717) is 6.61 Å². The summed E-state index contributed by atoms with van der Waals surface area (Å²) in [5, 5.41) is 5.88. The number of methoxy groups -OCH3 is 1. The van der Waals surface area contributed by atoms with Crippen molar-refractivity contribution in [3.05, 3.63) is 11.1 Å². The number of carbonyl (C=O) groups is 1. The van der Waals surface area contributed by atoms with E-state index in [1.807, 2.05) is 5.38 Å².